The molecule has 1 aliphatic heterocycles. The second-order valence-electron chi connectivity index (χ2n) is 8.26. The topological polar surface area (TPSA) is 32.8 Å². The Morgan fingerprint density at radius 2 is 1.60 bits per heavy atom. The minimum atomic E-state index is 0.121. The van der Waals surface area contributed by atoms with Crippen LogP contribution in [0.25, 0.3) is 10.8 Å². The van der Waals surface area contributed by atoms with Crippen LogP contribution in [-0.2, 0) is 17.9 Å². The maximum Gasteiger partial charge on any atom is 0.253 e. The number of ether oxygens (including phenoxy) is 1. The summed E-state index contributed by atoms with van der Waals surface area (Å²) in [5, 5.41) is 2.60. The highest BCUT2D eigenvalue weighted by Gasteiger charge is 2.22. The molecule has 30 heavy (non-hydrogen) atoms. The molecule has 1 aliphatic rings. The van der Waals surface area contributed by atoms with Crippen LogP contribution in [0.5, 0.6) is 0 Å². The molecule has 3 aromatic carbocycles. The first-order chi connectivity index (χ1) is 14.6. The number of benzene rings is 3. The number of hydrogen-bond donors (Lipinski definition) is 0. The lowest BCUT2D eigenvalue weighted by Crippen LogP contribution is -2.48. The molecule has 0 bridgehead atoms. The maximum absolute atomic E-state index is 12.9. The average Bonchev–Trinajstić information content (AvgIpc) is 2.78. The summed E-state index contributed by atoms with van der Waals surface area (Å²) in [5.74, 6) is 0.121. The highest BCUT2D eigenvalue weighted by Crippen LogP contribution is 2.21. The van der Waals surface area contributed by atoms with Gasteiger partial charge in [0.15, 0.2) is 0 Å². The fourth-order valence-corrected chi connectivity index (χ4v) is 3.97. The number of piperazine rings is 1. The summed E-state index contributed by atoms with van der Waals surface area (Å²) in [6.45, 7) is 8.89. The molecule has 1 amide bonds. The van der Waals surface area contributed by atoms with E-state index in [1.54, 1.807) is 0 Å². The van der Waals surface area contributed by atoms with E-state index in [4.69, 9.17) is 4.74 Å². The van der Waals surface area contributed by atoms with Gasteiger partial charge in [0.05, 0.1) is 12.7 Å². The van der Waals surface area contributed by atoms with E-state index >= 15 is 0 Å². The van der Waals surface area contributed by atoms with Gasteiger partial charge in [-0.2, -0.15) is 0 Å². The molecule has 0 unspecified atom stereocenters. The maximum atomic E-state index is 12.9. The van der Waals surface area contributed by atoms with Gasteiger partial charge in [-0.05, 0) is 47.9 Å². The summed E-state index contributed by atoms with van der Waals surface area (Å²) in [4.78, 5) is 17.3. The summed E-state index contributed by atoms with van der Waals surface area (Å²) < 4.78 is 5.63. The van der Waals surface area contributed by atoms with Crippen molar-refractivity contribution in [3.8, 4) is 0 Å². The predicted molar refractivity (Wildman–Crippen MR) is 121 cm³/mol. The Labute approximate surface area is 179 Å². The zero-order valence-electron chi connectivity index (χ0n) is 17.9. The van der Waals surface area contributed by atoms with Gasteiger partial charge in [-0.15, -0.1) is 0 Å². The quantitative estimate of drug-likeness (QED) is 0.598. The van der Waals surface area contributed by atoms with Crippen molar-refractivity contribution in [2.75, 3.05) is 26.2 Å². The van der Waals surface area contributed by atoms with Crippen molar-refractivity contribution in [1.82, 2.24) is 9.80 Å². The van der Waals surface area contributed by atoms with Gasteiger partial charge < -0.3 is 9.64 Å². The van der Waals surface area contributed by atoms with Crippen LogP contribution in [0.15, 0.2) is 66.7 Å². The van der Waals surface area contributed by atoms with Crippen molar-refractivity contribution in [2.45, 2.75) is 33.1 Å². The van der Waals surface area contributed by atoms with Gasteiger partial charge in [0.25, 0.3) is 5.91 Å². The predicted octanol–water partition coefficient (Wildman–Crippen LogP) is 4.72. The Morgan fingerprint density at radius 1 is 0.900 bits per heavy atom. The van der Waals surface area contributed by atoms with Crippen molar-refractivity contribution in [2.24, 2.45) is 0 Å². The molecule has 1 heterocycles. The van der Waals surface area contributed by atoms with E-state index in [0.717, 1.165) is 43.9 Å². The number of hydrogen-bond acceptors (Lipinski definition) is 3. The molecule has 0 radical (unpaired) electrons. The molecule has 0 aromatic heterocycles. The van der Waals surface area contributed by atoms with E-state index in [2.05, 4.69) is 47.4 Å². The van der Waals surface area contributed by atoms with Crippen LogP contribution in [0.4, 0.5) is 0 Å². The highest BCUT2D eigenvalue weighted by molar-refractivity contribution is 5.94. The first kappa shape index (κ1) is 20.6. The molecule has 1 fully saturated rings. The number of rotatable bonds is 6. The Kier molecular flexibility index (Phi) is 6.46. The second kappa shape index (κ2) is 9.41. The lowest BCUT2D eigenvalue weighted by Gasteiger charge is -2.35. The van der Waals surface area contributed by atoms with Gasteiger partial charge in [0.1, 0.15) is 0 Å². The molecule has 0 spiro atoms. The van der Waals surface area contributed by atoms with Crippen molar-refractivity contribution in [1.29, 1.82) is 0 Å². The van der Waals surface area contributed by atoms with Crippen LogP contribution in [0, 0.1) is 0 Å². The Morgan fingerprint density at radius 3 is 2.33 bits per heavy atom. The molecule has 4 heteroatoms. The molecule has 0 N–H and O–H groups in total. The molecular formula is C26H30N2O2. The molecule has 156 valence electrons. The van der Waals surface area contributed by atoms with Crippen LogP contribution in [-0.4, -0.2) is 48.0 Å². The van der Waals surface area contributed by atoms with Gasteiger partial charge in [-0.25, -0.2) is 0 Å². The number of fused-ring (bicyclic) bond motifs is 1. The largest absolute Gasteiger partial charge is 0.374 e. The highest BCUT2D eigenvalue weighted by atomic mass is 16.5. The van der Waals surface area contributed by atoms with Gasteiger partial charge in [-0.1, -0.05) is 54.6 Å². The third-order valence-corrected chi connectivity index (χ3v) is 5.72. The Balaban J connectivity index is 1.33. The van der Waals surface area contributed by atoms with E-state index in [-0.39, 0.29) is 12.0 Å². The zero-order chi connectivity index (χ0) is 20.9. The van der Waals surface area contributed by atoms with E-state index < -0.39 is 0 Å². The Hall–Kier alpha value is -2.69. The third kappa shape index (κ3) is 4.89. The van der Waals surface area contributed by atoms with Crippen LogP contribution in [0.2, 0.25) is 0 Å². The fourth-order valence-electron chi connectivity index (χ4n) is 3.97. The summed E-state index contributed by atoms with van der Waals surface area (Å²) in [6.07, 6.45) is 0.205. The average molecular weight is 403 g/mol. The lowest BCUT2D eigenvalue weighted by atomic mass is 10.0. The zero-order valence-corrected chi connectivity index (χ0v) is 17.9. The fraction of sp³-hybridized carbons (Fsp3) is 0.346. The van der Waals surface area contributed by atoms with Crippen molar-refractivity contribution < 1.29 is 9.53 Å². The van der Waals surface area contributed by atoms with Crippen molar-refractivity contribution in [3.05, 3.63) is 83.4 Å². The first-order valence-electron chi connectivity index (χ1n) is 10.8. The summed E-state index contributed by atoms with van der Waals surface area (Å²) in [6, 6.07) is 22.9. The number of carbonyl (C=O) groups excluding carboxylic acids is 1. The van der Waals surface area contributed by atoms with E-state index in [1.165, 1.54) is 16.3 Å². The van der Waals surface area contributed by atoms with Crippen LogP contribution in [0.3, 0.4) is 0 Å². The van der Waals surface area contributed by atoms with E-state index in [1.807, 2.05) is 43.0 Å². The summed E-state index contributed by atoms with van der Waals surface area (Å²) in [7, 11) is 0. The smallest absolute Gasteiger partial charge is 0.253 e. The van der Waals surface area contributed by atoms with Crippen molar-refractivity contribution in [3.63, 3.8) is 0 Å². The monoisotopic (exact) mass is 402 g/mol. The van der Waals surface area contributed by atoms with Gasteiger partial charge >= 0.3 is 0 Å². The van der Waals surface area contributed by atoms with Crippen LogP contribution in [0.1, 0.15) is 35.3 Å². The minimum Gasteiger partial charge on any atom is -0.374 e. The van der Waals surface area contributed by atoms with E-state index in [0.29, 0.717) is 6.61 Å². The summed E-state index contributed by atoms with van der Waals surface area (Å²) >= 11 is 0. The molecular weight excluding hydrogens is 372 g/mol. The van der Waals surface area contributed by atoms with Crippen molar-refractivity contribution >= 4 is 16.7 Å². The molecule has 4 rings (SSSR count). The van der Waals surface area contributed by atoms with Gasteiger partial charge in [0, 0.05) is 38.3 Å². The third-order valence-electron chi connectivity index (χ3n) is 5.72. The molecule has 1 saturated heterocycles. The van der Waals surface area contributed by atoms with Gasteiger partial charge in [-0.3, -0.25) is 9.69 Å². The van der Waals surface area contributed by atoms with Gasteiger partial charge in [0.2, 0.25) is 0 Å². The number of amides is 1. The number of nitrogens with zero attached hydrogens (tertiary/aromatic N) is 2. The molecule has 0 atom stereocenters. The SMILES string of the molecule is CC(C)OCc1ccc(C(=O)N2CCN(Cc3cccc4ccccc34)CC2)cc1. The second-order valence-corrected chi connectivity index (χ2v) is 8.26. The molecule has 4 nitrogen and oxygen atoms in total. The lowest BCUT2D eigenvalue weighted by molar-refractivity contribution is 0.0624. The normalized spacial score (nSPS) is 15.1. The van der Waals surface area contributed by atoms with Crippen LogP contribution < -0.4 is 0 Å². The summed E-state index contributed by atoms with van der Waals surface area (Å²) in [5.41, 5.74) is 3.21. The molecule has 3 aromatic rings. The standard InChI is InChI=1S/C26H30N2O2/c1-20(2)30-19-21-10-12-23(13-11-21)26(29)28-16-14-27(15-17-28)18-24-8-5-7-22-6-3-4-9-25(22)24/h3-13,20H,14-19H2,1-2H3. The van der Waals surface area contributed by atoms with Crippen LogP contribution >= 0.6 is 0 Å². The molecule has 0 aliphatic carbocycles. The minimum absolute atomic E-state index is 0.121. The first-order valence-corrected chi connectivity index (χ1v) is 10.8. The van der Waals surface area contributed by atoms with E-state index in [9.17, 15) is 4.79 Å². The Bertz CT molecular complexity index is 984. The number of carbonyl (C=O) groups is 1. The molecule has 0 saturated carbocycles.